The number of rotatable bonds is 6. The highest BCUT2D eigenvalue weighted by molar-refractivity contribution is 5.94. The Balaban J connectivity index is 0.00000141. The Bertz CT molecular complexity index is 949. The van der Waals surface area contributed by atoms with Crippen molar-refractivity contribution in [3.8, 4) is 11.4 Å². The minimum Gasteiger partial charge on any atom is -0.384 e. The fourth-order valence-electron chi connectivity index (χ4n) is 4.11. The molecule has 2 fully saturated rings. The SMILES string of the molecule is C=C.CC(C)CNc1cc(-c2[nH]ncc2NC(=O)N2CCC(N)CC23CC3)ncc1C=N. The van der Waals surface area contributed by atoms with Gasteiger partial charge >= 0.3 is 6.03 Å². The third-order valence-corrected chi connectivity index (χ3v) is 5.94. The Kier molecular flexibility index (Phi) is 7.29. The lowest BCUT2D eigenvalue weighted by molar-refractivity contribution is 0.142. The van der Waals surface area contributed by atoms with Gasteiger partial charge in [0.1, 0.15) is 5.69 Å². The number of carbonyl (C=O) groups is 1. The van der Waals surface area contributed by atoms with Crippen molar-refractivity contribution in [1.29, 1.82) is 5.41 Å². The van der Waals surface area contributed by atoms with Crippen LogP contribution in [0.15, 0.2) is 31.6 Å². The number of likely N-dealkylation sites (tertiary alicyclic amines) is 1. The number of carbonyl (C=O) groups excluding carboxylic acids is 1. The summed E-state index contributed by atoms with van der Waals surface area (Å²) in [5.41, 5.74) is 9.50. The molecule has 32 heavy (non-hydrogen) atoms. The standard InChI is InChI=1S/C21H30N8O.C2H4/c1-13(2)10-24-16-7-17(25-11-14(16)9-22)19-18(12-26-28-19)27-20(30)29-6-3-15(23)8-21(29)4-5-21;1-2/h7,9,11-13,15,22H,3-6,8,10,23H2,1-2H3,(H,24,25)(H,26,28)(H,27,30);1-2H2. The number of nitrogens with two attached hydrogens (primary N) is 1. The third kappa shape index (κ3) is 4.99. The average molecular weight is 439 g/mol. The fourth-order valence-corrected chi connectivity index (χ4v) is 4.11. The molecule has 6 N–H and O–H groups in total. The van der Waals surface area contributed by atoms with Crippen molar-refractivity contribution in [3.63, 3.8) is 0 Å². The molecule has 1 aliphatic carbocycles. The Morgan fingerprint density at radius 1 is 1.41 bits per heavy atom. The molecule has 3 heterocycles. The number of piperidine rings is 1. The first kappa shape index (κ1) is 23.5. The van der Waals surface area contributed by atoms with E-state index in [-0.39, 0.29) is 17.6 Å². The molecule has 2 aromatic heterocycles. The van der Waals surface area contributed by atoms with Crippen LogP contribution in [-0.2, 0) is 0 Å². The van der Waals surface area contributed by atoms with E-state index in [4.69, 9.17) is 11.1 Å². The molecule has 9 nitrogen and oxygen atoms in total. The molecule has 1 saturated heterocycles. The van der Waals surface area contributed by atoms with Crippen molar-refractivity contribution in [3.05, 3.63) is 37.2 Å². The van der Waals surface area contributed by atoms with Crippen LogP contribution in [0.25, 0.3) is 11.4 Å². The maximum Gasteiger partial charge on any atom is 0.322 e. The van der Waals surface area contributed by atoms with Gasteiger partial charge < -0.3 is 26.7 Å². The van der Waals surface area contributed by atoms with Crippen LogP contribution in [0.4, 0.5) is 16.2 Å². The normalized spacial score (nSPS) is 18.6. The molecule has 2 amide bonds. The van der Waals surface area contributed by atoms with Crippen LogP contribution in [-0.4, -0.2) is 57.0 Å². The minimum absolute atomic E-state index is 0.0660. The van der Waals surface area contributed by atoms with Gasteiger partial charge in [-0.1, -0.05) is 13.8 Å². The first-order valence-electron chi connectivity index (χ1n) is 11.0. The summed E-state index contributed by atoms with van der Waals surface area (Å²) in [5.74, 6) is 0.467. The zero-order chi connectivity index (χ0) is 23.3. The number of aromatic amines is 1. The monoisotopic (exact) mass is 438 g/mol. The van der Waals surface area contributed by atoms with E-state index >= 15 is 0 Å². The highest BCUT2D eigenvalue weighted by Gasteiger charge is 2.52. The largest absolute Gasteiger partial charge is 0.384 e. The number of nitrogens with one attached hydrogen (secondary N) is 4. The summed E-state index contributed by atoms with van der Waals surface area (Å²) in [6, 6.07) is 1.94. The van der Waals surface area contributed by atoms with E-state index in [1.54, 1.807) is 12.4 Å². The summed E-state index contributed by atoms with van der Waals surface area (Å²) < 4.78 is 0. The van der Waals surface area contributed by atoms with Crippen molar-refractivity contribution in [2.45, 2.75) is 51.1 Å². The average Bonchev–Trinajstić information content (AvgIpc) is 3.38. The highest BCUT2D eigenvalue weighted by Crippen LogP contribution is 2.48. The smallest absolute Gasteiger partial charge is 0.322 e. The number of H-pyrrole nitrogens is 1. The molecule has 1 spiro atoms. The zero-order valence-electron chi connectivity index (χ0n) is 18.9. The molecule has 1 unspecified atom stereocenters. The van der Waals surface area contributed by atoms with Gasteiger partial charge in [0.05, 0.1) is 17.6 Å². The molecule has 172 valence electrons. The second-order valence-electron chi connectivity index (χ2n) is 8.79. The van der Waals surface area contributed by atoms with Gasteiger partial charge in [-0.2, -0.15) is 5.10 Å². The molecule has 9 heteroatoms. The highest BCUT2D eigenvalue weighted by atomic mass is 16.2. The lowest BCUT2D eigenvalue weighted by atomic mass is 9.96. The Morgan fingerprint density at radius 2 is 2.16 bits per heavy atom. The number of pyridine rings is 1. The van der Waals surface area contributed by atoms with Gasteiger partial charge in [0, 0.05) is 48.3 Å². The lowest BCUT2D eigenvalue weighted by Gasteiger charge is -2.38. The second-order valence-corrected chi connectivity index (χ2v) is 8.79. The number of hydrogen-bond donors (Lipinski definition) is 5. The van der Waals surface area contributed by atoms with E-state index in [1.165, 1.54) is 6.21 Å². The van der Waals surface area contributed by atoms with E-state index in [0.29, 0.717) is 35.1 Å². The van der Waals surface area contributed by atoms with E-state index in [0.717, 1.165) is 37.9 Å². The molecule has 1 aliphatic heterocycles. The van der Waals surface area contributed by atoms with Crippen molar-refractivity contribution >= 4 is 23.6 Å². The first-order valence-corrected chi connectivity index (χ1v) is 11.0. The molecule has 4 rings (SSSR count). The second kappa shape index (κ2) is 9.95. The molecule has 0 aromatic carbocycles. The summed E-state index contributed by atoms with van der Waals surface area (Å²) in [6.45, 7) is 11.7. The fraction of sp³-hybridized carbons (Fsp3) is 0.478. The van der Waals surface area contributed by atoms with Gasteiger partial charge in [-0.05, 0) is 37.7 Å². The van der Waals surface area contributed by atoms with Gasteiger partial charge in [-0.25, -0.2) is 4.79 Å². The molecule has 0 bridgehead atoms. The van der Waals surface area contributed by atoms with E-state index in [1.807, 2.05) is 11.0 Å². The maximum absolute atomic E-state index is 13.0. The minimum atomic E-state index is -0.115. The number of anilines is 2. The van der Waals surface area contributed by atoms with Crippen LogP contribution in [0.5, 0.6) is 0 Å². The number of aromatic nitrogens is 3. The van der Waals surface area contributed by atoms with Crippen molar-refractivity contribution in [2.24, 2.45) is 11.7 Å². The Hall–Kier alpha value is -3.20. The van der Waals surface area contributed by atoms with E-state index in [9.17, 15) is 4.79 Å². The Morgan fingerprint density at radius 3 is 2.81 bits per heavy atom. The van der Waals surface area contributed by atoms with Crippen molar-refractivity contribution in [2.75, 3.05) is 23.7 Å². The maximum atomic E-state index is 13.0. The number of nitrogens with zero attached hydrogens (tertiary/aromatic N) is 3. The van der Waals surface area contributed by atoms with Crippen LogP contribution < -0.4 is 16.4 Å². The van der Waals surface area contributed by atoms with Crippen molar-refractivity contribution < 1.29 is 4.79 Å². The number of amides is 2. The summed E-state index contributed by atoms with van der Waals surface area (Å²) in [6.07, 6.45) is 8.28. The predicted octanol–water partition coefficient (Wildman–Crippen LogP) is 3.83. The molecular weight excluding hydrogens is 404 g/mol. The van der Waals surface area contributed by atoms with E-state index < -0.39 is 0 Å². The van der Waals surface area contributed by atoms with Crippen molar-refractivity contribution in [1.82, 2.24) is 20.1 Å². The van der Waals surface area contributed by atoms with Gasteiger partial charge in [0.15, 0.2) is 0 Å². The molecule has 1 saturated carbocycles. The van der Waals surface area contributed by atoms with E-state index in [2.05, 4.69) is 52.8 Å². The van der Waals surface area contributed by atoms with Gasteiger partial charge in [-0.15, -0.1) is 13.2 Å². The zero-order valence-corrected chi connectivity index (χ0v) is 18.9. The third-order valence-electron chi connectivity index (χ3n) is 5.94. The molecule has 2 aromatic rings. The van der Waals surface area contributed by atoms with Crippen LogP contribution in [0.3, 0.4) is 0 Å². The van der Waals surface area contributed by atoms with Crippen LogP contribution in [0.2, 0.25) is 0 Å². The quantitative estimate of drug-likeness (QED) is 0.345. The molecule has 0 radical (unpaired) electrons. The molecule has 2 aliphatic rings. The van der Waals surface area contributed by atoms with Crippen LogP contribution >= 0.6 is 0 Å². The molecule has 1 atom stereocenters. The van der Waals surface area contributed by atoms with Gasteiger partial charge in [-0.3, -0.25) is 10.1 Å². The summed E-state index contributed by atoms with van der Waals surface area (Å²) >= 11 is 0. The summed E-state index contributed by atoms with van der Waals surface area (Å²) in [7, 11) is 0. The Labute approximate surface area is 189 Å². The first-order chi connectivity index (χ1) is 15.4. The van der Waals surface area contributed by atoms with Crippen LogP contribution in [0.1, 0.15) is 45.1 Å². The van der Waals surface area contributed by atoms with Gasteiger partial charge in [0.2, 0.25) is 0 Å². The lowest BCUT2D eigenvalue weighted by Crippen LogP contribution is -2.52. The predicted molar refractivity (Wildman–Crippen MR) is 129 cm³/mol. The topological polar surface area (TPSA) is 136 Å². The summed E-state index contributed by atoms with van der Waals surface area (Å²) in [4.78, 5) is 19.4. The molecular formula is C23H34N8O. The summed E-state index contributed by atoms with van der Waals surface area (Å²) in [5, 5.41) is 21.1. The van der Waals surface area contributed by atoms with Crippen LogP contribution in [0, 0.1) is 11.3 Å². The number of hydrogen-bond acceptors (Lipinski definition) is 6. The number of urea groups is 1. The van der Waals surface area contributed by atoms with Gasteiger partial charge in [0.25, 0.3) is 0 Å².